The second-order valence-corrected chi connectivity index (χ2v) is 7.18. The van der Waals surface area contributed by atoms with Crippen LogP contribution in [0, 0.1) is 5.92 Å². The lowest BCUT2D eigenvalue weighted by Crippen LogP contribution is -2.29. The van der Waals surface area contributed by atoms with Crippen molar-refractivity contribution in [2.75, 3.05) is 12.4 Å². The Morgan fingerprint density at radius 1 is 1.16 bits per heavy atom. The fourth-order valence-electron chi connectivity index (χ4n) is 3.33. The zero-order valence-electron chi connectivity index (χ0n) is 13.7. The number of anilines is 1. The van der Waals surface area contributed by atoms with Crippen molar-refractivity contribution in [1.82, 2.24) is 9.88 Å². The lowest BCUT2D eigenvalue weighted by atomic mass is 9.93. The molecule has 1 fully saturated rings. The number of carbonyl (C=O) groups is 2. The van der Waals surface area contributed by atoms with Crippen LogP contribution in [0.5, 0.6) is 0 Å². The number of hydrogen-bond acceptors (Lipinski definition) is 4. The van der Waals surface area contributed by atoms with Gasteiger partial charge in [-0.25, -0.2) is 4.98 Å². The van der Waals surface area contributed by atoms with E-state index in [0.717, 1.165) is 15.8 Å². The molecule has 0 bridgehead atoms. The van der Waals surface area contributed by atoms with Crippen molar-refractivity contribution in [3.63, 3.8) is 0 Å². The monoisotopic (exact) mass is 351 g/mol. The quantitative estimate of drug-likeness (QED) is 0.786. The van der Waals surface area contributed by atoms with E-state index >= 15 is 0 Å². The van der Waals surface area contributed by atoms with Gasteiger partial charge in [0.15, 0.2) is 5.13 Å². The molecule has 1 N–H and O–H groups in total. The number of fused-ring (bicyclic) bond motifs is 1. The van der Waals surface area contributed by atoms with Crippen LogP contribution in [0.15, 0.2) is 54.6 Å². The van der Waals surface area contributed by atoms with Crippen molar-refractivity contribution in [3.05, 3.63) is 60.2 Å². The van der Waals surface area contributed by atoms with Gasteiger partial charge in [0, 0.05) is 13.5 Å². The Balaban J connectivity index is 1.60. The molecular formula is C19H17N3O2S. The average Bonchev–Trinajstić information content (AvgIpc) is 3.16. The third kappa shape index (κ3) is 2.89. The summed E-state index contributed by atoms with van der Waals surface area (Å²) in [7, 11) is 1.75. The summed E-state index contributed by atoms with van der Waals surface area (Å²) in [6.07, 6.45) is 0.215. The summed E-state index contributed by atoms with van der Waals surface area (Å²) in [4.78, 5) is 31.2. The molecule has 2 atom stereocenters. The number of amides is 2. The molecule has 25 heavy (non-hydrogen) atoms. The number of hydrogen-bond donors (Lipinski definition) is 1. The zero-order valence-corrected chi connectivity index (χ0v) is 14.5. The van der Waals surface area contributed by atoms with Crippen LogP contribution in [0.4, 0.5) is 5.13 Å². The van der Waals surface area contributed by atoms with Crippen LogP contribution in [-0.4, -0.2) is 28.7 Å². The number of para-hydroxylation sites is 1. The Morgan fingerprint density at radius 2 is 1.88 bits per heavy atom. The molecule has 0 saturated carbocycles. The molecule has 2 amide bonds. The fourth-order valence-corrected chi connectivity index (χ4v) is 4.20. The van der Waals surface area contributed by atoms with Gasteiger partial charge in [0.05, 0.1) is 22.2 Å². The Kier molecular flexibility index (Phi) is 3.97. The van der Waals surface area contributed by atoms with Gasteiger partial charge in [-0.2, -0.15) is 0 Å². The number of benzene rings is 2. The molecule has 0 spiro atoms. The predicted molar refractivity (Wildman–Crippen MR) is 98.3 cm³/mol. The summed E-state index contributed by atoms with van der Waals surface area (Å²) in [5.41, 5.74) is 1.84. The van der Waals surface area contributed by atoms with Gasteiger partial charge >= 0.3 is 0 Å². The first-order valence-corrected chi connectivity index (χ1v) is 8.92. The molecule has 126 valence electrons. The third-order valence-corrected chi connectivity index (χ3v) is 5.54. The minimum absolute atomic E-state index is 0.0155. The van der Waals surface area contributed by atoms with Crippen LogP contribution in [0.2, 0.25) is 0 Å². The van der Waals surface area contributed by atoms with Gasteiger partial charge in [0.25, 0.3) is 0 Å². The Labute approximate surface area is 149 Å². The highest BCUT2D eigenvalue weighted by Gasteiger charge is 2.42. The third-order valence-electron chi connectivity index (χ3n) is 4.59. The number of nitrogens with one attached hydrogen (secondary N) is 1. The highest BCUT2D eigenvalue weighted by molar-refractivity contribution is 7.22. The molecule has 5 nitrogen and oxygen atoms in total. The van der Waals surface area contributed by atoms with Gasteiger partial charge in [-0.05, 0) is 17.7 Å². The van der Waals surface area contributed by atoms with E-state index in [9.17, 15) is 9.59 Å². The minimum atomic E-state index is -0.424. The van der Waals surface area contributed by atoms with Gasteiger partial charge < -0.3 is 10.2 Å². The van der Waals surface area contributed by atoms with E-state index in [2.05, 4.69) is 10.3 Å². The van der Waals surface area contributed by atoms with Gasteiger partial charge in [0.2, 0.25) is 11.8 Å². The summed E-state index contributed by atoms with van der Waals surface area (Å²) in [5, 5.41) is 3.47. The lowest BCUT2D eigenvalue weighted by molar-refractivity contribution is -0.127. The minimum Gasteiger partial charge on any atom is -0.338 e. The van der Waals surface area contributed by atoms with E-state index in [1.54, 1.807) is 11.9 Å². The first-order chi connectivity index (χ1) is 12.1. The summed E-state index contributed by atoms with van der Waals surface area (Å²) in [6.45, 7) is 0. The van der Waals surface area contributed by atoms with E-state index in [4.69, 9.17) is 0 Å². The molecule has 1 aliphatic heterocycles. The lowest BCUT2D eigenvalue weighted by Gasteiger charge is -2.24. The summed E-state index contributed by atoms with van der Waals surface area (Å²) in [5.74, 6) is -0.601. The van der Waals surface area contributed by atoms with E-state index in [0.29, 0.717) is 5.13 Å². The molecular weight excluding hydrogens is 334 g/mol. The summed E-state index contributed by atoms with van der Waals surface area (Å²) >= 11 is 1.44. The van der Waals surface area contributed by atoms with Gasteiger partial charge in [0.1, 0.15) is 0 Å². The fraction of sp³-hybridized carbons (Fsp3) is 0.211. The number of carbonyl (C=O) groups excluding carboxylic acids is 2. The van der Waals surface area contributed by atoms with Crippen molar-refractivity contribution >= 4 is 38.5 Å². The molecule has 4 rings (SSSR count). The zero-order chi connectivity index (χ0) is 17.4. The number of likely N-dealkylation sites (tertiary alicyclic amines) is 1. The molecule has 0 aliphatic carbocycles. The molecule has 0 unspecified atom stereocenters. The van der Waals surface area contributed by atoms with Crippen molar-refractivity contribution < 1.29 is 9.59 Å². The average molecular weight is 351 g/mol. The van der Waals surface area contributed by atoms with Crippen LogP contribution in [-0.2, 0) is 9.59 Å². The number of nitrogens with zero attached hydrogens (tertiary/aromatic N) is 2. The SMILES string of the molecule is CN1C(=O)C[C@H](C(=O)Nc2nc3ccccc3s2)[C@@H]1c1ccccc1. The highest BCUT2D eigenvalue weighted by Crippen LogP contribution is 2.38. The first kappa shape index (κ1) is 15.8. The van der Waals surface area contributed by atoms with Crippen molar-refractivity contribution in [2.45, 2.75) is 12.5 Å². The molecule has 2 aromatic carbocycles. The Hall–Kier alpha value is -2.73. The molecule has 3 aromatic rings. The molecule has 1 aromatic heterocycles. The number of aromatic nitrogens is 1. The Morgan fingerprint density at radius 3 is 2.64 bits per heavy atom. The maximum atomic E-state index is 12.8. The van der Waals surface area contributed by atoms with E-state index in [-0.39, 0.29) is 24.3 Å². The van der Waals surface area contributed by atoms with Crippen molar-refractivity contribution in [2.24, 2.45) is 5.92 Å². The van der Waals surface area contributed by atoms with E-state index < -0.39 is 5.92 Å². The number of rotatable bonds is 3. The largest absolute Gasteiger partial charge is 0.338 e. The van der Waals surface area contributed by atoms with Crippen molar-refractivity contribution in [1.29, 1.82) is 0 Å². The molecule has 2 heterocycles. The molecule has 1 saturated heterocycles. The maximum Gasteiger partial charge on any atom is 0.232 e. The normalized spacial score (nSPS) is 20.2. The van der Waals surface area contributed by atoms with E-state index in [1.165, 1.54) is 11.3 Å². The van der Waals surface area contributed by atoms with Gasteiger partial charge in [-0.15, -0.1) is 0 Å². The van der Waals surface area contributed by atoms with Crippen molar-refractivity contribution in [3.8, 4) is 0 Å². The van der Waals surface area contributed by atoms with Crippen LogP contribution in [0.3, 0.4) is 0 Å². The smallest absolute Gasteiger partial charge is 0.232 e. The first-order valence-electron chi connectivity index (χ1n) is 8.10. The van der Waals surface area contributed by atoms with E-state index in [1.807, 2.05) is 54.6 Å². The Bertz CT molecular complexity index is 905. The van der Waals surface area contributed by atoms with Gasteiger partial charge in [-0.1, -0.05) is 53.8 Å². The summed E-state index contributed by atoms with van der Waals surface area (Å²) < 4.78 is 1.03. The van der Waals surface area contributed by atoms with Gasteiger partial charge in [-0.3, -0.25) is 9.59 Å². The molecule has 6 heteroatoms. The maximum absolute atomic E-state index is 12.8. The van der Waals surface area contributed by atoms with Crippen LogP contribution in [0.1, 0.15) is 18.0 Å². The number of thiazole rings is 1. The highest BCUT2D eigenvalue weighted by atomic mass is 32.1. The second kappa shape index (κ2) is 6.29. The predicted octanol–water partition coefficient (Wildman–Crippen LogP) is 3.45. The second-order valence-electron chi connectivity index (χ2n) is 6.15. The van der Waals surface area contributed by atoms with Crippen LogP contribution < -0.4 is 5.32 Å². The molecule has 1 aliphatic rings. The van der Waals surface area contributed by atoms with Crippen LogP contribution >= 0.6 is 11.3 Å². The molecule has 0 radical (unpaired) electrons. The summed E-state index contributed by atoms with van der Waals surface area (Å²) in [6, 6.07) is 17.2. The topological polar surface area (TPSA) is 62.3 Å². The standard InChI is InChI=1S/C19H17N3O2S/c1-22-16(23)11-13(17(22)12-7-3-2-4-8-12)18(24)21-19-20-14-9-5-6-10-15(14)25-19/h2-10,13,17H,11H2,1H3,(H,20,21,24)/t13-,17-/m0/s1. The van der Waals surface area contributed by atoms with Crippen LogP contribution in [0.25, 0.3) is 10.2 Å².